The average molecular weight is 306 g/mol. The van der Waals surface area contributed by atoms with Crippen LogP contribution in [0.1, 0.15) is 5.56 Å². The molecule has 21 heavy (non-hydrogen) atoms. The van der Waals surface area contributed by atoms with Crippen LogP contribution in [-0.2, 0) is 10.0 Å². The average Bonchev–Trinajstić information content (AvgIpc) is 2.47. The van der Waals surface area contributed by atoms with Gasteiger partial charge in [-0.25, -0.2) is 8.42 Å². The van der Waals surface area contributed by atoms with E-state index in [0.717, 1.165) is 4.31 Å². The summed E-state index contributed by atoms with van der Waals surface area (Å²) in [5.41, 5.74) is 0.486. The molecule has 0 bridgehead atoms. The van der Waals surface area contributed by atoms with Crippen LogP contribution in [0.5, 0.6) is 0 Å². The molecule has 0 radical (unpaired) electrons. The lowest BCUT2D eigenvalue weighted by Crippen LogP contribution is -2.27. The van der Waals surface area contributed by atoms with Crippen LogP contribution in [0.4, 0.5) is 11.4 Å². The summed E-state index contributed by atoms with van der Waals surface area (Å²) in [6.45, 7) is 1.53. The lowest BCUT2D eigenvalue weighted by molar-refractivity contribution is -0.385. The molecule has 0 atom stereocenters. The molecule has 0 aliphatic rings. The standard InChI is InChI=1S/C14H14N2O4S/c1-11-13(9-6-10-14(11)16(17)18)15(2)21(19,20)12-7-4-3-5-8-12/h3-10H,1-2H3. The van der Waals surface area contributed by atoms with Crippen molar-refractivity contribution in [3.8, 4) is 0 Å². The monoisotopic (exact) mass is 306 g/mol. The quantitative estimate of drug-likeness (QED) is 0.642. The van der Waals surface area contributed by atoms with Gasteiger partial charge in [0.1, 0.15) is 0 Å². The number of sulfonamides is 1. The summed E-state index contributed by atoms with van der Waals surface area (Å²) in [6.07, 6.45) is 0. The van der Waals surface area contributed by atoms with Gasteiger partial charge >= 0.3 is 0 Å². The van der Waals surface area contributed by atoms with Gasteiger partial charge in [0.15, 0.2) is 0 Å². The van der Waals surface area contributed by atoms with Crippen molar-refractivity contribution in [3.63, 3.8) is 0 Å². The van der Waals surface area contributed by atoms with Crippen LogP contribution in [0, 0.1) is 17.0 Å². The molecule has 0 saturated carbocycles. The largest absolute Gasteiger partial charge is 0.274 e. The Bertz CT molecular complexity index is 773. The Morgan fingerprint density at radius 2 is 1.67 bits per heavy atom. The molecule has 7 heteroatoms. The lowest BCUT2D eigenvalue weighted by atomic mass is 10.1. The number of hydrogen-bond donors (Lipinski definition) is 0. The summed E-state index contributed by atoms with van der Waals surface area (Å²) in [7, 11) is -2.36. The van der Waals surface area contributed by atoms with Gasteiger partial charge in [-0.1, -0.05) is 24.3 Å². The molecule has 110 valence electrons. The van der Waals surface area contributed by atoms with Crippen molar-refractivity contribution in [2.45, 2.75) is 11.8 Å². The number of nitrogens with zero attached hydrogens (tertiary/aromatic N) is 2. The van der Waals surface area contributed by atoms with Gasteiger partial charge in [-0.15, -0.1) is 0 Å². The Labute approximate surface area is 122 Å². The van der Waals surface area contributed by atoms with Crippen molar-refractivity contribution in [1.29, 1.82) is 0 Å². The first-order valence-corrected chi connectivity index (χ1v) is 7.57. The van der Waals surface area contributed by atoms with Gasteiger partial charge in [0, 0.05) is 13.1 Å². The van der Waals surface area contributed by atoms with Crippen LogP contribution in [0.2, 0.25) is 0 Å². The second-order valence-corrected chi connectivity index (χ2v) is 6.43. The third-order valence-electron chi connectivity index (χ3n) is 3.21. The number of nitro groups is 1. The molecule has 0 unspecified atom stereocenters. The summed E-state index contributed by atoms with van der Waals surface area (Å²) in [6, 6.07) is 12.3. The zero-order valence-electron chi connectivity index (χ0n) is 11.6. The van der Waals surface area contributed by atoms with Crippen molar-refractivity contribution in [3.05, 3.63) is 64.2 Å². The third-order valence-corrected chi connectivity index (χ3v) is 5.00. The van der Waals surface area contributed by atoms with Gasteiger partial charge in [0.25, 0.3) is 15.7 Å². The van der Waals surface area contributed by atoms with Crippen LogP contribution in [0.3, 0.4) is 0 Å². The first-order chi connectivity index (χ1) is 9.85. The molecule has 2 aromatic rings. The highest BCUT2D eigenvalue weighted by Crippen LogP contribution is 2.30. The highest BCUT2D eigenvalue weighted by Gasteiger charge is 2.24. The van der Waals surface area contributed by atoms with Gasteiger partial charge in [0.05, 0.1) is 21.1 Å². The van der Waals surface area contributed by atoms with E-state index < -0.39 is 14.9 Å². The van der Waals surface area contributed by atoms with E-state index in [1.807, 2.05) is 0 Å². The zero-order chi connectivity index (χ0) is 15.6. The molecule has 0 N–H and O–H groups in total. The van der Waals surface area contributed by atoms with Crippen molar-refractivity contribution in [2.75, 3.05) is 11.4 Å². The molecule has 2 aromatic carbocycles. The second kappa shape index (κ2) is 5.53. The maximum Gasteiger partial charge on any atom is 0.274 e. The van der Waals surface area contributed by atoms with Gasteiger partial charge in [-0.2, -0.15) is 0 Å². The van der Waals surface area contributed by atoms with Gasteiger partial charge < -0.3 is 0 Å². The molecule has 0 spiro atoms. The Morgan fingerprint density at radius 3 is 2.24 bits per heavy atom. The smallest absolute Gasteiger partial charge is 0.269 e. The van der Waals surface area contributed by atoms with E-state index in [4.69, 9.17) is 0 Å². The number of nitro benzene ring substituents is 1. The number of anilines is 1. The van der Waals surface area contributed by atoms with E-state index in [0.29, 0.717) is 5.56 Å². The molecule has 0 aliphatic heterocycles. The maximum absolute atomic E-state index is 12.5. The minimum absolute atomic E-state index is 0.109. The number of benzene rings is 2. The SMILES string of the molecule is Cc1c(N(C)S(=O)(=O)c2ccccc2)cccc1[N+](=O)[O-]. The fourth-order valence-electron chi connectivity index (χ4n) is 2.03. The topological polar surface area (TPSA) is 80.5 Å². The minimum atomic E-state index is -3.75. The van der Waals surface area contributed by atoms with Crippen LogP contribution >= 0.6 is 0 Å². The summed E-state index contributed by atoms with van der Waals surface area (Å²) in [5.74, 6) is 0. The number of rotatable bonds is 4. The van der Waals surface area contributed by atoms with Gasteiger partial charge in [-0.3, -0.25) is 14.4 Å². The maximum atomic E-state index is 12.5. The fourth-order valence-corrected chi connectivity index (χ4v) is 3.30. The Morgan fingerprint density at radius 1 is 1.05 bits per heavy atom. The van der Waals surface area contributed by atoms with Gasteiger partial charge in [0.2, 0.25) is 0 Å². The Hall–Kier alpha value is -2.41. The first-order valence-electron chi connectivity index (χ1n) is 6.13. The zero-order valence-corrected chi connectivity index (χ0v) is 12.4. The van der Waals surface area contributed by atoms with Crippen molar-refractivity contribution in [2.24, 2.45) is 0 Å². The second-order valence-electron chi connectivity index (χ2n) is 4.46. The Kier molecular flexibility index (Phi) is 3.95. The predicted molar refractivity (Wildman–Crippen MR) is 79.9 cm³/mol. The highest BCUT2D eigenvalue weighted by atomic mass is 32.2. The fraction of sp³-hybridized carbons (Fsp3) is 0.143. The molecular weight excluding hydrogens is 292 g/mol. The molecule has 0 aliphatic carbocycles. The van der Waals surface area contributed by atoms with Crippen molar-refractivity contribution in [1.82, 2.24) is 0 Å². The van der Waals surface area contributed by atoms with Crippen LogP contribution in [-0.4, -0.2) is 20.4 Å². The summed E-state index contributed by atoms with van der Waals surface area (Å²) >= 11 is 0. The van der Waals surface area contributed by atoms with Crippen molar-refractivity contribution < 1.29 is 13.3 Å². The minimum Gasteiger partial charge on any atom is -0.269 e. The van der Waals surface area contributed by atoms with E-state index in [-0.39, 0.29) is 16.3 Å². The lowest BCUT2D eigenvalue weighted by Gasteiger charge is -2.21. The van der Waals surface area contributed by atoms with E-state index >= 15 is 0 Å². The molecular formula is C14H14N2O4S. The predicted octanol–water partition coefficient (Wildman–Crippen LogP) is 2.73. The van der Waals surface area contributed by atoms with Crippen LogP contribution in [0.15, 0.2) is 53.4 Å². The van der Waals surface area contributed by atoms with Crippen LogP contribution in [0.25, 0.3) is 0 Å². The normalized spacial score (nSPS) is 11.1. The Balaban J connectivity index is 2.53. The number of hydrogen-bond acceptors (Lipinski definition) is 4. The molecule has 6 nitrogen and oxygen atoms in total. The van der Waals surface area contributed by atoms with E-state index in [2.05, 4.69) is 0 Å². The highest BCUT2D eigenvalue weighted by molar-refractivity contribution is 7.92. The van der Waals surface area contributed by atoms with Crippen molar-refractivity contribution >= 4 is 21.4 Å². The molecule has 0 fully saturated rings. The molecule has 0 amide bonds. The molecule has 0 saturated heterocycles. The van der Waals surface area contributed by atoms with Gasteiger partial charge in [-0.05, 0) is 25.1 Å². The third kappa shape index (κ3) is 2.73. The first kappa shape index (κ1) is 15.0. The molecule has 2 rings (SSSR count). The summed E-state index contributed by atoms with van der Waals surface area (Å²) < 4.78 is 26.1. The molecule has 0 heterocycles. The summed E-state index contributed by atoms with van der Waals surface area (Å²) in [4.78, 5) is 10.6. The van der Waals surface area contributed by atoms with E-state index in [9.17, 15) is 18.5 Å². The summed E-state index contributed by atoms with van der Waals surface area (Å²) in [5, 5.41) is 11.0. The van der Waals surface area contributed by atoms with Crippen LogP contribution < -0.4 is 4.31 Å². The van der Waals surface area contributed by atoms with E-state index in [1.165, 1.54) is 38.2 Å². The van der Waals surface area contributed by atoms with E-state index in [1.54, 1.807) is 24.3 Å². The molecule has 0 aromatic heterocycles.